The number of alkyl halides is 1. The Labute approximate surface area is 59.2 Å². The monoisotopic (exact) mass is 153 g/mol. The van der Waals surface area contributed by atoms with Crippen LogP contribution in [0.4, 0.5) is 4.39 Å². The highest BCUT2D eigenvalue weighted by atomic mass is 35.5. The van der Waals surface area contributed by atoms with Gasteiger partial charge in [0.1, 0.15) is 12.3 Å². The number of fused-ring (bicyclic) bond motifs is 2. The second kappa shape index (κ2) is 2.40. The number of nitrogens with one attached hydrogen (secondary N) is 1. The molecule has 2 aliphatic rings. The molecule has 0 aromatic heterocycles. The quantitative estimate of drug-likeness (QED) is 0.534. The number of rotatable bonds is 0. The topological polar surface area (TPSA) is 21.3 Å². The van der Waals surface area contributed by atoms with E-state index in [1.807, 2.05) is 0 Å². The highest BCUT2D eigenvalue weighted by Gasteiger charge is 2.42. The molecule has 0 amide bonds. The fourth-order valence-electron chi connectivity index (χ4n) is 1.28. The van der Waals surface area contributed by atoms with Gasteiger partial charge >= 0.3 is 0 Å². The van der Waals surface area contributed by atoms with Gasteiger partial charge in [-0.1, -0.05) is 0 Å². The summed E-state index contributed by atoms with van der Waals surface area (Å²) in [6.07, 6.45) is -0.880. The highest BCUT2D eigenvalue weighted by molar-refractivity contribution is 5.85. The largest absolute Gasteiger partial charge is 0.372 e. The second-order valence-corrected chi connectivity index (χ2v) is 2.33. The molecule has 1 unspecified atom stereocenters. The smallest absolute Gasteiger partial charge is 0.145 e. The van der Waals surface area contributed by atoms with Crippen molar-refractivity contribution in [3.63, 3.8) is 0 Å². The SMILES string of the molecule is Cl.FC1[C@H]2CO[C@@H]1CN2. The average Bonchev–Trinajstić information content (AvgIpc) is 2.29. The van der Waals surface area contributed by atoms with Crippen molar-refractivity contribution in [1.29, 1.82) is 0 Å². The zero-order valence-electron chi connectivity index (χ0n) is 4.84. The molecular formula is C5H9ClFNO. The third kappa shape index (κ3) is 0.933. The van der Waals surface area contributed by atoms with Gasteiger partial charge < -0.3 is 10.1 Å². The zero-order chi connectivity index (χ0) is 5.56. The van der Waals surface area contributed by atoms with Gasteiger partial charge in [-0.05, 0) is 0 Å². The zero-order valence-corrected chi connectivity index (χ0v) is 5.66. The Morgan fingerprint density at radius 1 is 1.56 bits per heavy atom. The maximum Gasteiger partial charge on any atom is 0.145 e. The van der Waals surface area contributed by atoms with E-state index >= 15 is 0 Å². The third-order valence-electron chi connectivity index (χ3n) is 1.81. The van der Waals surface area contributed by atoms with Crippen molar-refractivity contribution in [1.82, 2.24) is 5.32 Å². The van der Waals surface area contributed by atoms with Crippen LogP contribution in [0.1, 0.15) is 0 Å². The summed E-state index contributed by atoms with van der Waals surface area (Å²) in [6, 6.07) is -0.000000000000000222. The summed E-state index contributed by atoms with van der Waals surface area (Å²) < 4.78 is 17.6. The number of hydrogen-bond donors (Lipinski definition) is 1. The molecule has 2 nitrogen and oxygen atoms in total. The lowest BCUT2D eigenvalue weighted by Crippen LogP contribution is -2.31. The van der Waals surface area contributed by atoms with Crippen molar-refractivity contribution >= 4 is 12.4 Å². The average molecular weight is 154 g/mol. The van der Waals surface area contributed by atoms with Gasteiger partial charge in [0.2, 0.25) is 0 Å². The summed E-state index contributed by atoms with van der Waals surface area (Å²) in [5.74, 6) is 0. The Hall–Kier alpha value is 0.140. The van der Waals surface area contributed by atoms with E-state index < -0.39 is 6.17 Å². The van der Waals surface area contributed by atoms with Gasteiger partial charge in [-0.2, -0.15) is 0 Å². The minimum atomic E-state index is -0.741. The van der Waals surface area contributed by atoms with Crippen molar-refractivity contribution < 1.29 is 9.13 Å². The summed E-state index contributed by atoms with van der Waals surface area (Å²) in [5.41, 5.74) is 0. The number of morpholine rings is 1. The summed E-state index contributed by atoms with van der Waals surface area (Å²) in [5, 5.41) is 3.01. The number of hydrogen-bond acceptors (Lipinski definition) is 2. The van der Waals surface area contributed by atoms with E-state index in [-0.39, 0.29) is 24.6 Å². The number of ether oxygens (including phenoxy) is 1. The van der Waals surface area contributed by atoms with Gasteiger partial charge in [-0.3, -0.25) is 0 Å². The van der Waals surface area contributed by atoms with E-state index in [0.29, 0.717) is 13.2 Å². The van der Waals surface area contributed by atoms with Gasteiger partial charge in [0.25, 0.3) is 0 Å². The van der Waals surface area contributed by atoms with E-state index in [9.17, 15) is 4.39 Å². The van der Waals surface area contributed by atoms with Crippen molar-refractivity contribution in [2.75, 3.05) is 13.2 Å². The van der Waals surface area contributed by atoms with E-state index in [4.69, 9.17) is 4.74 Å². The molecule has 2 heterocycles. The van der Waals surface area contributed by atoms with Crippen molar-refractivity contribution in [2.45, 2.75) is 18.3 Å². The van der Waals surface area contributed by atoms with Crippen LogP contribution < -0.4 is 5.32 Å². The second-order valence-electron chi connectivity index (χ2n) is 2.33. The first kappa shape index (κ1) is 7.25. The summed E-state index contributed by atoms with van der Waals surface area (Å²) in [6.45, 7) is 1.26. The molecule has 0 aromatic carbocycles. The standard InChI is InChI=1S/C5H8FNO.ClH/c6-5-3-2-8-4(5)1-7-3;/h3-5,7H,1-2H2;1H/t3-,4-,5?;/m1./s1. The fraction of sp³-hybridized carbons (Fsp3) is 1.00. The van der Waals surface area contributed by atoms with Crippen LogP contribution >= 0.6 is 12.4 Å². The summed E-state index contributed by atoms with van der Waals surface area (Å²) >= 11 is 0. The highest BCUT2D eigenvalue weighted by Crippen LogP contribution is 2.22. The van der Waals surface area contributed by atoms with Crippen LogP contribution in [0.2, 0.25) is 0 Å². The molecule has 2 saturated heterocycles. The lowest BCUT2D eigenvalue weighted by Gasteiger charge is -2.08. The lowest BCUT2D eigenvalue weighted by molar-refractivity contribution is 0.0735. The minimum absolute atomic E-state index is 0. The van der Waals surface area contributed by atoms with Gasteiger partial charge in [-0.15, -0.1) is 12.4 Å². The lowest BCUT2D eigenvalue weighted by atomic mass is 10.2. The Morgan fingerprint density at radius 2 is 2.33 bits per heavy atom. The predicted molar refractivity (Wildman–Crippen MR) is 33.7 cm³/mol. The first-order valence-corrected chi connectivity index (χ1v) is 2.87. The molecular weight excluding hydrogens is 145 g/mol. The van der Waals surface area contributed by atoms with Crippen LogP contribution in [0.15, 0.2) is 0 Å². The van der Waals surface area contributed by atoms with Gasteiger partial charge in [0, 0.05) is 6.54 Å². The van der Waals surface area contributed by atoms with Crippen LogP contribution in [0.3, 0.4) is 0 Å². The molecule has 4 heteroatoms. The number of halogens is 2. The Morgan fingerprint density at radius 3 is 2.44 bits per heavy atom. The van der Waals surface area contributed by atoms with Gasteiger partial charge in [0.05, 0.1) is 12.6 Å². The van der Waals surface area contributed by atoms with Crippen LogP contribution in [0, 0.1) is 0 Å². The van der Waals surface area contributed by atoms with Crippen molar-refractivity contribution in [2.24, 2.45) is 0 Å². The van der Waals surface area contributed by atoms with Crippen molar-refractivity contribution in [3.05, 3.63) is 0 Å². The van der Waals surface area contributed by atoms with Crippen LogP contribution in [-0.2, 0) is 4.74 Å². The molecule has 0 radical (unpaired) electrons. The molecule has 0 spiro atoms. The van der Waals surface area contributed by atoms with E-state index in [1.165, 1.54) is 0 Å². The molecule has 54 valence electrons. The molecule has 0 saturated carbocycles. The summed E-state index contributed by atoms with van der Waals surface area (Å²) in [7, 11) is 0. The Balaban J connectivity index is 0.000000405. The maximum absolute atomic E-state index is 12.6. The molecule has 9 heavy (non-hydrogen) atoms. The molecule has 2 aliphatic heterocycles. The van der Waals surface area contributed by atoms with E-state index in [1.54, 1.807) is 0 Å². The maximum atomic E-state index is 12.6. The van der Waals surface area contributed by atoms with E-state index in [2.05, 4.69) is 5.32 Å². The van der Waals surface area contributed by atoms with Gasteiger partial charge in [0.15, 0.2) is 0 Å². The Bertz CT molecular complexity index is 93.1. The van der Waals surface area contributed by atoms with Gasteiger partial charge in [-0.25, -0.2) is 4.39 Å². The van der Waals surface area contributed by atoms with Crippen molar-refractivity contribution in [3.8, 4) is 0 Å². The summed E-state index contributed by atoms with van der Waals surface area (Å²) in [4.78, 5) is 0. The Kier molecular flexibility index (Phi) is 1.94. The molecule has 1 N–H and O–H groups in total. The van der Waals surface area contributed by atoms with Crippen LogP contribution in [-0.4, -0.2) is 31.5 Å². The molecule has 3 atom stereocenters. The molecule has 2 fully saturated rings. The van der Waals surface area contributed by atoms with E-state index in [0.717, 1.165) is 0 Å². The van der Waals surface area contributed by atoms with Crippen LogP contribution in [0.5, 0.6) is 0 Å². The first-order chi connectivity index (χ1) is 3.88. The molecule has 0 aromatic rings. The first-order valence-electron chi connectivity index (χ1n) is 2.87. The fourth-order valence-corrected chi connectivity index (χ4v) is 1.28. The van der Waals surface area contributed by atoms with Crippen LogP contribution in [0.25, 0.3) is 0 Å². The third-order valence-corrected chi connectivity index (χ3v) is 1.81. The normalized spacial score (nSPS) is 47.0. The predicted octanol–water partition coefficient (Wildman–Crippen LogP) is 0.117. The molecule has 2 bridgehead atoms. The minimum Gasteiger partial charge on any atom is -0.372 e. The molecule has 2 rings (SSSR count). The molecule has 0 aliphatic carbocycles.